The lowest BCUT2D eigenvalue weighted by Gasteiger charge is -2.31. The molecule has 0 amide bonds. The summed E-state index contributed by atoms with van der Waals surface area (Å²) in [5.74, 6) is 1.73. The fraction of sp³-hybridized carbons (Fsp3) is 0.600. The lowest BCUT2D eigenvalue weighted by atomic mass is 9.96. The summed E-state index contributed by atoms with van der Waals surface area (Å²) in [6, 6.07) is 6.27. The monoisotopic (exact) mass is 262 g/mol. The molecule has 4 heteroatoms. The number of ether oxygens (including phenoxy) is 2. The Kier molecular flexibility index (Phi) is 3.78. The van der Waals surface area contributed by atoms with Crippen LogP contribution in [-0.4, -0.2) is 39.4 Å². The zero-order valence-corrected chi connectivity index (χ0v) is 11.5. The molecule has 0 bridgehead atoms. The minimum Gasteiger partial charge on any atom is -0.493 e. The van der Waals surface area contributed by atoms with Crippen molar-refractivity contribution in [2.24, 2.45) is 0 Å². The molecule has 1 aromatic rings. The molecule has 1 aliphatic carbocycles. The number of methoxy groups -OCH3 is 1. The van der Waals surface area contributed by atoms with E-state index in [0.717, 1.165) is 37.7 Å². The largest absolute Gasteiger partial charge is 0.493 e. The number of rotatable bonds is 4. The first-order chi connectivity index (χ1) is 9.36. The molecule has 19 heavy (non-hydrogen) atoms. The Morgan fingerprint density at radius 3 is 2.58 bits per heavy atom. The van der Waals surface area contributed by atoms with Crippen LogP contribution < -0.4 is 19.7 Å². The minimum absolute atomic E-state index is 0.382. The highest BCUT2D eigenvalue weighted by Crippen LogP contribution is 2.35. The van der Waals surface area contributed by atoms with E-state index < -0.39 is 0 Å². The van der Waals surface area contributed by atoms with Gasteiger partial charge in [0, 0.05) is 37.9 Å². The molecule has 3 rings (SSSR count). The van der Waals surface area contributed by atoms with Crippen LogP contribution in [0.5, 0.6) is 11.5 Å². The maximum atomic E-state index is 6.04. The summed E-state index contributed by atoms with van der Waals surface area (Å²) in [6.45, 7) is 4.19. The maximum Gasteiger partial charge on any atom is 0.163 e. The molecule has 2 aliphatic rings. The molecular weight excluding hydrogens is 240 g/mol. The molecule has 1 saturated carbocycles. The molecule has 0 atom stereocenters. The van der Waals surface area contributed by atoms with Gasteiger partial charge in [-0.1, -0.05) is 0 Å². The van der Waals surface area contributed by atoms with Crippen molar-refractivity contribution in [1.29, 1.82) is 0 Å². The predicted molar refractivity (Wildman–Crippen MR) is 76.3 cm³/mol. The van der Waals surface area contributed by atoms with E-state index in [2.05, 4.69) is 22.3 Å². The Morgan fingerprint density at radius 1 is 1.16 bits per heavy atom. The van der Waals surface area contributed by atoms with Crippen LogP contribution in [-0.2, 0) is 0 Å². The Morgan fingerprint density at radius 2 is 1.95 bits per heavy atom. The van der Waals surface area contributed by atoms with Crippen molar-refractivity contribution in [1.82, 2.24) is 5.32 Å². The number of benzene rings is 1. The van der Waals surface area contributed by atoms with Gasteiger partial charge in [-0.2, -0.15) is 0 Å². The van der Waals surface area contributed by atoms with Crippen LogP contribution in [0, 0.1) is 0 Å². The van der Waals surface area contributed by atoms with Crippen LogP contribution in [0.4, 0.5) is 5.69 Å². The SMILES string of the molecule is COc1ccc(N2CCNCC2)cc1OC1CCC1. The Bertz CT molecular complexity index is 426. The number of nitrogens with zero attached hydrogens (tertiary/aromatic N) is 1. The molecule has 1 N–H and O–H groups in total. The van der Waals surface area contributed by atoms with Crippen LogP contribution in [0.3, 0.4) is 0 Å². The molecule has 0 spiro atoms. The lowest BCUT2D eigenvalue weighted by molar-refractivity contribution is 0.116. The Balaban J connectivity index is 1.78. The van der Waals surface area contributed by atoms with Gasteiger partial charge in [0.1, 0.15) is 0 Å². The molecule has 2 fully saturated rings. The normalized spacial score (nSPS) is 19.9. The first-order valence-electron chi connectivity index (χ1n) is 7.17. The molecule has 104 valence electrons. The van der Waals surface area contributed by atoms with E-state index in [1.54, 1.807) is 7.11 Å². The third-order valence-corrected chi connectivity index (χ3v) is 3.98. The van der Waals surface area contributed by atoms with Crippen LogP contribution in [0.25, 0.3) is 0 Å². The van der Waals surface area contributed by atoms with Gasteiger partial charge in [0.05, 0.1) is 13.2 Å². The summed E-state index contributed by atoms with van der Waals surface area (Å²) in [5.41, 5.74) is 1.23. The van der Waals surface area contributed by atoms with Gasteiger partial charge in [-0.05, 0) is 31.4 Å². The van der Waals surface area contributed by atoms with Gasteiger partial charge >= 0.3 is 0 Å². The Hall–Kier alpha value is -1.42. The molecule has 0 unspecified atom stereocenters. The molecule has 0 radical (unpaired) electrons. The van der Waals surface area contributed by atoms with Crippen molar-refractivity contribution in [3.05, 3.63) is 18.2 Å². The minimum atomic E-state index is 0.382. The van der Waals surface area contributed by atoms with Crippen molar-refractivity contribution in [3.63, 3.8) is 0 Å². The molecule has 4 nitrogen and oxygen atoms in total. The van der Waals surface area contributed by atoms with Gasteiger partial charge in [-0.25, -0.2) is 0 Å². The quantitative estimate of drug-likeness (QED) is 0.900. The number of anilines is 1. The van der Waals surface area contributed by atoms with Crippen LogP contribution in [0.2, 0.25) is 0 Å². The summed E-state index contributed by atoms with van der Waals surface area (Å²) >= 11 is 0. The van der Waals surface area contributed by atoms with E-state index >= 15 is 0 Å². The summed E-state index contributed by atoms with van der Waals surface area (Å²) in [7, 11) is 1.70. The number of piperazine rings is 1. The number of hydrogen-bond donors (Lipinski definition) is 1. The fourth-order valence-electron chi connectivity index (χ4n) is 2.55. The van der Waals surface area contributed by atoms with E-state index in [-0.39, 0.29) is 0 Å². The molecule has 1 heterocycles. The zero-order chi connectivity index (χ0) is 13.1. The number of nitrogens with one attached hydrogen (secondary N) is 1. The van der Waals surface area contributed by atoms with E-state index in [4.69, 9.17) is 9.47 Å². The maximum absolute atomic E-state index is 6.04. The summed E-state index contributed by atoms with van der Waals surface area (Å²) in [5, 5.41) is 3.37. The van der Waals surface area contributed by atoms with Gasteiger partial charge in [0.2, 0.25) is 0 Å². The van der Waals surface area contributed by atoms with Crippen molar-refractivity contribution in [2.45, 2.75) is 25.4 Å². The van der Waals surface area contributed by atoms with Gasteiger partial charge in [-0.3, -0.25) is 0 Å². The summed E-state index contributed by atoms with van der Waals surface area (Å²) in [4.78, 5) is 2.39. The van der Waals surface area contributed by atoms with Gasteiger partial charge in [0.25, 0.3) is 0 Å². The van der Waals surface area contributed by atoms with Crippen LogP contribution >= 0.6 is 0 Å². The highest BCUT2D eigenvalue weighted by molar-refractivity contribution is 5.56. The first kappa shape index (κ1) is 12.6. The van der Waals surface area contributed by atoms with Gasteiger partial charge < -0.3 is 19.7 Å². The average Bonchev–Trinajstić information content (AvgIpc) is 2.43. The average molecular weight is 262 g/mol. The number of hydrogen-bond acceptors (Lipinski definition) is 4. The van der Waals surface area contributed by atoms with Gasteiger partial charge in [0.15, 0.2) is 11.5 Å². The van der Waals surface area contributed by atoms with Crippen molar-refractivity contribution >= 4 is 5.69 Å². The van der Waals surface area contributed by atoms with Crippen molar-refractivity contribution in [2.75, 3.05) is 38.2 Å². The van der Waals surface area contributed by atoms with E-state index in [1.807, 2.05) is 6.07 Å². The third-order valence-electron chi connectivity index (χ3n) is 3.98. The first-order valence-corrected chi connectivity index (χ1v) is 7.17. The molecule has 1 aromatic carbocycles. The topological polar surface area (TPSA) is 33.7 Å². The van der Waals surface area contributed by atoms with E-state index in [0.29, 0.717) is 6.10 Å². The highest BCUT2D eigenvalue weighted by atomic mass is 16.5. The smallest absolute Gasteiger partial charge is 0.163 e. The molecule has 0 aromatic heterocycles. The van der Waals surface area contributed by atoms with Gasteiger partial charge in [-0.15, -0.1) is 0 Å². The summed E-state index contributed by atoms with van der Waals surface area (Å²) in [6.07, 6.45) is 4.00. The molecule has 1 aliphatic heterocycles. The third kappa shape index (κ3) is 2.78. The molecule has 1 saturated heterocycles. The standard InChI is InChI=1S/C15H22N2O2/c1-18-14-6-5-12(17-9-7-16-8-10-17)11-15(14)19-13-3-2-4-13/h5-6,11,13,16H,2-4,7-10H2,1H3. The zero-order valence-electron chi connectivity index (χ0n) is 11.5. The van der Waals surface area contributed by atoms with Crippen LogP contribution in [0.1, 0.15) is 19.3 Å². The summed E-state index contributed by atoms with van der Waals surface area (Å²) < 4.78 is 11.4. The van der Waals surface area contributed by atoms with Crippen molar-refractivity contribution in [3.8, 4) is 11.5 Å². The predicted octanol–water partition coefficient (Wildman–Crippen LogP) is 2.04. The molecular formula is C15H22N2O2. The fourth-order valence-corrected chi connectivity index (χ4v) is 2.55. The Labute approximate surface area is 114 Å². The lowest BCUT2D eigenvalue weighted by Crippen LogP contribution is -2.43. The van der Waals surface area contributed by atoms with E-state index in [9.17, 15) is 0 Å². The van der Waals surface area contributed by atoms with Crippen LogP contribution in [0.15, 0.2) is 18.2 Å². The second-order valence-corrected chi connectivity index (χ2v) is 5.24. The van der Waals surface area contributed by atoms with E-state index in [1.165, 1.54) is 24.9 Å². The van der Waals surface area contributed by atoms with Crippen molar-refractivity contribution < 1.29 is 9.47 Å². The second kappa shape index (κ2) is 5.70. The highest BCUT2D eigenvalue weighted by Gasteiger charge is 2.21. The second-order valence-electron chi connectivity index (χ2n) is 5.24.